The molecule has 0 aliphatic heterocycles. The van der Waals surface area contributed by atoms with Crippen molar-refractivity contribution in [2.75, 3.05) is 13.1 Å². The second-order valence-corrected chi connectivity index (χ2v) is 9.27. The van der Waals surface area contributed by atoms with Crippen LogP contribution in [0.25, 0.3) is 11.0 Å². The Kier molecular flexibility index (Phi) is 7.36. The lowest BCUT2D eigenvalue weighted by Gasteiger charge is -2.35. The fraction of sp³-hybridized carbons (Fsp3) is 0.538. The minimum Gasteiger partial charge on any atom is -0.330 e. The predicted octanol–water partition coefficient (Wildman–Crippen LogP) is 5.10. The number of aromatic nitrogens is 3. The van der Waals surface area contributed by atoms with Crippen molar-refractivity contribution in [2.24, 2.45) is 11.7 Å². The Hall–Kier alpha value is -2.24. The maximum Gasteiger partial charge on any atom is 0.124 e. The third-order valence-electron chi connectivity index (χ3n) is 6.51. The van der Waals surface area contributed by atoms with Crippen molar-refractivity contribution in [1.29, 1.82) is 0 Å². The first-order valence-corrected chi connectivity index (χ1v) is 12.0. The Labute approximate surface area is 186 Å². The zero-order chi connectivity index (χ0) is 21.6. The van der Waals surface area contributed by atoms with E-state index in [1.807, 2.05) is 6.20 Å². The van der Waals surface area contributed by atoms with Crippen LogP contribution in [0.3, 0.4) is 0 Å². The van der Waals surface area contributed by atoms with E-state index < -0.39 is 0 Å². The van der Waals surface area contributed by atoms with Crippen LogP contribution < -0.4 is 5.73 Å². The number of hydrogen-bond donors (Lipinski definition) is 1. The molecule has 1 aromatic carbocycles. The van der Waals surface area contributed by atoms with Gasteiger partial charge in [-0.15, -0.1) is 0 Å². The van der Waals surface area contributed by atoms with Crippen LogP contribution in [0.4, 0.5) is 0 Å². The highest BCUT2D eigenvalue weighted by molar-refractivity contribution is 5.75. The first-order valence-electron chi connectivity index (χ1n) is 12.0. The lowest BCUT2D eigenvalue weighted by atomic mass is 9.90. The molecule has 0 spiro atoms. The summed E-state index contributed by atoms with van der Waals surface area (Å²) >= 11 is 0. The Morgan fingerprint density at radius 3 is 2.87 bits per heavy atom. The van der Waals surface area contributed by atoms with Gasteiger partial charge in [0.15, 0.2) is 0 Å². The number of aryl methyl sites for hydroxylation is 2. The van der Waals surface area contributed by atoms with E-state index in [4.69, 9.17) is 15.7 Å². The molecule has 1 unspecified atom stereocenters. The van der Waals surface area contributed by atoms with Gasteiger partial charge < -0.3 is 10.3 Å². The quantitative estimate of drug-likeness (QED) is 0.465. The molecule has 0 saturated carbocycles. The van der Waals surface area contributed by atoms with Crippen LogP contribution in [0.15, 0.2) is 42.6 Å². The van der Waals surface area contributed by atoms with E-state index in [9.17, 15) is 0 Å². The molecule has 1 aliphatic rings. The normalized spacial score (nSPS) is 16.4. The van der Waals surface area contributed by atoms with Crippen molar-refractivity contribution in [1.82, 2.24) is 19.4 Å². The largest absolute Gasteiger partial charge is 0.330 e. The van der Waals surface area contributed by atoms with Crippen LogP contribution in [0.2, 0.25) is 0 Å². The number of fused-ring (bicyclic) bond motifs is 2. The van der Waals surface area contributed by atoms with Gasteiger partial charge >= 0.3 is 0 Å². The van der Waals surface area contributed by atoms with Gasteiger partial charge in [0, 0.05) is 12.7 Å². The minimum absolute atomic E-state index is 0.376. The molecule has 5 nitrogen and oxygen atoms in total. The second-order valence-electron chi connectivity index (χ2n) is 9.27. The van der Waals surface area contributed by atoms with Crippen LogP contribution in [0.1, 0.15) is 69.1 Å². The van der Waals surface area contributed by atoms with E-state index in [-0.39, 0.29) is 0 Å². The molecule has 31 heavy (non-hydrogen) atoms. The number of para-hydroxylation sites is 2. The molecule has 2 aromatic heterocycles. The Balaban J connectivity index is 1.66. The number of pyridine rings is 1. The van der Waals surface area contributed by atoms with Crippen molar-refractivity contribution >= 4 is 11.0 Å². The fourth-order valence-electron chi connectivity index (χ4n) is 4.80. The molecule has 0 fully saturated rings. The van der Waals surface area contributed by atoms with E-state index in [2.05, 4.69) is 59.7 Å². The maximum absolute atomic E-state index is 5.77. The summed E-state index contributed by atoms with van der Waals surface area (Å²) < 4.78 is 2.43. The monoisotopic (exact) mass is 419 g/mol. The van der Waals surface area contributed by atoms with Crippen LogP contribution in [-0.4, -0.2) is 32.5 Å². The molecule has 0 radical (unpaired) electrons. The van der Waals surface area contributed by atoms with Crippen LogP contribution >= 0.6 is 0 Å². The topological polar surface area (TPSA) is 60.0 Å². The van der Waals surface area contributed by atoms with E-state index >= 15 is 0 Å². The molecule has 1 aliphatic carbocycles. The molecular weight excluding hydrogens is 382 g/mol. The van der Waals surface area contributed by atoms with Gasteiger partial charge in [0.05, 0.1) is 29.3 Å². The molecule has 166 valence electrons. The summed E-state index contributed by atoms with van der Waals surface area (Å²) in [4.78, 5) is 12.6. The summed E-state index contributed by atoms with van der Waals surface area (Å²) in [6, 6.07) is 13.2. The Bertz CT molecular complexity index is 977. The van der Waals surface area contributed by atoms with Gasteiger partial charge in [-0.2, -0.15) is 0 Å². The highest BCUT2D eigenvalue weighted by atomic mass is 15.2. The summed E-state index contributed by atoms with van der Waals surface area (Å²) in [5.41, 5.74) is 10.8. The molecule has 2 heterocycles. The van der Waals surface area contributed by atoms with Crippen molar-refractivity contribution in [3.8, 4) is 0 Å². The van der Waals surface area contributed by atoms with E-state index in [0.717, 1.165) is 51.0 Å². The van der Waals surface area contributed by atoms with Gasteiger partial charge in [-0.05, 0) is 81.3 Å². The summed E-state index contributed by atoms with van der Waals surface area (Å²) in [7, 11) is 0. The molecule has 0 bridgehead atoms. The molecule has 5 heteroatoms. The summed E-state index contributed by atoms with van der Waals surface area (Å²) in [5.74, 6) is 1.85. The number of nitrogens with two attached hydrogens (primary N) is 1. The summed E-state index contributed by atoms with van der Waals surface area (Å²) in [6.45, 7) is 8.28. The van der Waals surface area contributed by atoms with Crippen molar-refractivity contribution in [3.05, 3.63) is 59.7 Å². The molecular formula is C26H37N5. The maximum atomic E-state index is 5.77. The van der Waals surface area contributed by atoms with Gasteiger partial charge in [-0.3, -0.25) is 9.88 Å². The van der Waals surface area contributed by atoms with Crippen molar-refractivity contribution < 1.29 is 0 Å². The highest BCUT2D eigenvalue weighted by Gasteiger charge is 2.28. The van der Waals surface area contributed by atoms with Crippen LogP contribution in [0, 0.1) is 5.92 Å². The lowest BCUT2D eigenvalue weighted by molar-refractivity contribution is 0.151. The molecule has 2 N–H and O–H groups in total. The zero-order valence-corrected chi connectivity index (χ0v) is 19.1. The minimum atomic E-state index is 0.376. The van der Waals surface area contributed by atoms with Crippen molar-refractivity contribution in [3.63, 3.8) is 0 Å². The first kappa shape index (κ1) is 22.0. The van der Waals surface area contributed by atoms with Crippen molar-refractivity contribution in [2.45, 2.75) is 71.5 Å². The number of imidazole rings is 1. The average Bonchev–Trinajstić information content (AvgIpc) is 3.13. The third kappa shape index (κ3) is 5.16. The first-order chi connectivity index (χ1) is 15.2. The molecule has 0 saturated heterocycles. The Morgan fingerprint density at radius 2 is 2.03 bits per heavy atom. The van der Waals surface area contributed by atoms with Gasteiger partial charge in [0.1, 0.15) is 5.82 Å². The second kappa shape index (κ2) is 10.4. The standard InChI is InChI=1S/C26H37N5/c1-20(2)14-18-30(24-13-7-9-21-10-8-16-28-26(21)24)19-25-29-22-11-3-4-12-23(22)31(25)17-6-5-15-27/h3-4,8,10-12,16,20,24H,5-7,9,13-15,17-19,27H2,1-2H3. The number of nitrogens with zero attached hydrogens (tertiary/aromatic N) is 4. The highest BCUT2D eigenvalue weighted by Crippen LogP contribution is 2.34. The molecule has 0 amide bonds. The van der Waals surface area contributed by atoms with E-state index in [0.29, 0.717) is 12.0 Å². The number of hydrogen-bond acceptors (Lipinski definition) is 4. The van der Waals surface area contributed by atoms with E-state index in [1.54, 1.807) is 0 Å². The van der Waals surface area contributed by atoms with Gasteiger partial charge in [-0.1, -0.05) is 32.0 Å². The van der Waals surface area contributed by atoms with Gasteiger partial charge in [-0.25, -0.2) is 4.98 Å². The van der Waals surface area contributed by atoms with E-state index in [1.165, 1.54) is 41.9 Å². The molecule has 1 atom stereocenters. The lowest BCUT2D eigenvalue weighted by Crippen LogP contribution is -2.34. The summed E-state index contributed by atoms with van der Waals surface area (Å²) in [5, 5.41) is 0. The number of unbranched alkanes of at least 4 members (excludes halogenated alkanes) is 1. The summed E-state index contributed by atoms with van der Waals surface area (Å²) in [6.07, 6.45) is 8.83. The number of rotatable bonds is 10. The Morgan fingerprint density at radius 1 is 1.16 bits per heavy atom. The van der Waals surface area contributed by atoms with Crippen LogP contribution in [0.5, 0.6) is 0 Å². The fourth-order valence-corrected chi connectivity index (χ4v) is 4.80. The van der Waals surface area contributed by atoms with Crippen LogP contribution in [-0.2, 0) is 19.5 Å². The molecule has 4 rings (SSSR count). The molecule has 3 aromatic rings. The van der Waals surface area contributed by atoms with Gasteiger partial charge in [0.25, 0.3) is 0 Å². The average molecular weight is 420 g/mol. The smallest absolute Gasteiger partial charge is 0.124 e. The SMILES string of the molecule is CC(C)CCN(Cc1nc2ccccc2n1CCCCN)C1CCCc2cccnc21. The zero-order valence-electron chi connectivity index (χ0n) is 19.1. The van der Waals surface area contributed by atoms with Gasteiger partial charge in [0.2, 0.25) is 0 Å². The predicted molar refractivity (Wildman–Crippen MR) is 128 cm³/mol. The third-order valence-corrected chi connectivity index (χ3v) is 6.51. The number of benzene rings is 1.